The van der Waals surface area contributed by atoms with Crippen LogP contribution in [0.4, 0.5) is 0 Å². The third-order valence-corrected chi connectivity index (χ3v) is 2.44. The van der Waals surface area contributed by atoms with Crippen LogP contribution < -0.4 is 10.6 Å². The van der Waals surface area contributed by atoms with Crippen LogP contribution in [0.25, 0.3) is 0 Å². The highest BCUT2D eigenvalue weighted by atomic mass is 127. The summed E-state index contributed by atoms with van der Waals surface area (Å²) < 4.78 is 2.00. The first-order chi connectivity index (χ1) is 8.67. The number of rotatable bonds is 6. The molecule has 6 nitrogen and oxygen atoms in total. The van der Waals surface area contributed by atoms with Crippen molar-refractivity contribution in [2.45, 2.75) is 40.8 Å². The number of guanidine groups is 1. The molecule has 0 radical (unpaired) electrons. The Morgan fingerprint density at radius 3 is 2.68 bits per heavy atom. The summed E-state index contributed by atoms with van der Waals surface area (Å²) in [6, 6.07) is 0. The Morgan fingerprint density at radius 1 is 1.37 bits per heavy atom. The maximum atomic E-state index is 4.51. The lowest BCUT2D eigenvalue weighted by Crippen LogP contribution is -2.39. The maximum Gasteiger partial charge on any atom is 0.191 e. The van der Waals surface area contributed by atoms with Gasteiger partial charge in [0.1, 0.15) is 12.9 Å². The molecule has 0 unspecified atom stereocenters. The standard InChI is InChI=1S/C12H24N6.HI/c1-5-13-12(14-7-10(3)4)15-8-11-17-16-9-18(11)6-2;/h9-10H,5-8H2,1-4H3,(H2,13,14,15);1H. The monoisotopic (exact) mass is 380 g/mol. The normalized spacial score (nSPS) is 11.3. The molecule has 0 aliphatic rings. The molecular formula is C12H25IN6. The molecule has 1 rings (SSSR count). The van der Waals surface area contributed by atoms with E-state index < -0.39 is 0 Å². The Bertz CT molecular complexity index is 374. The first-order valence-corrected chi connectivity index (χ1v) is 6.56. The zero-order valence-electron chi connectivity index (χ0n) is 12.2. The fraction of sp³-hybridized carbons (Fsp3) is 0.750. The zero-order valence-corrected chi connectivity index (χ0v) is 14.5. The Kier molecular flexibility index (Phi) is 9.54. The number of aliphatic imine (C=N–C) groups is 1. The van der Waals surface area contributed by atoms with Gasteiger partial charge in [0.2, 0.25) is 0 Å². The number of nitrogens with one attached hydrogen (secondary N) is 2. The first kappa shape index (κ1) is 18.1. The predicted molar refractivity (Wildman–Crippen MR) is 88.8 cm³/mol. The van der Waals surface area contributed by atoms with Crippen molar-refractivity contribution >= 4 is 29.9 Å². The Balaban J connectivity index is 0.00000324. The maximum absolute atomic E-state index is 4.51. The summed E-state index contributed by atoms with van der Waals surface area (Å²) in [5.74, 6) is 2.31. The van der Waals surface area contributed by atoms with Crippen molar-refractivity contribution in [3.8, 4) is 0 Å². The van der Waals surface area contributed by atoms with Crippen LogP contribution in [-0.2, 0) is 13.1 Å². The fourth-order valence-electron chi connectivity index (χ4n) is 1.46. The minimum Gasteiger partial charge on any atom is -0.357 e. The molecule has 1 aromatic heterocycles. The topological polar surface area (TPSA) is 67.1 Å². The Hall–Kier alpha value is -0.860. The summed E-state index contributed by atoms with van der Waals surface area (Å²) in [6.07, 6.45) is 1.74. The molecule has 0 saturated carbocycles. The van der Waals surface area contributed by atoms with Crippen molar-refractivity contribution in [2.24, 2.45) is 10.9 Å². The average Bonchev–Trinajstić information content (AvgIpc) is 2.80. The SMILES string of the molecule is CCNC(=NCc1nncn1CC)NCC(C)C.I. The lowest BCUT2D eigenvalue weighted by molar-refractivity contribution is 0.613. The minimum absolute atomic E-state index is 0. The molecule has 0 bridgehead atoms. The predicted octanol–water partition coefficient (Wildman–Crippen LogP) is 1.63. The van der Waals surface area contributed by atoms with E-state index in [4.69, 9.17) is 0 Å². The van der Waals surface area contributed by atoms with Gasteiger partial charge in [0.25, 0.3) is 0 Å². The van der Waals surface area contributed by atoms with Crippen LogP contribution in [0.2, 0.25) is 0 Å². The highest BCUT2D eigenvalue weighted by Crippen LogP contribution is 1.97. The van der Waals surface area contributed by atoms with E-state index in [1.165, 1.54) is 0 Å². The van der Waals surface area contributed by atoms with E-state index in [9.17, 15) is 0 Å². The fourth-order valence-corrected chi connectivity index (χ4v) is 1.46. The molecule has 2 N–H and O–H groups in total. The molecule has 1 heterocycles. The second kappa shape index (κ2) is 9.99. The van der Waals surface area contributed by atoms with Crippen LogP contribution in [0.15, 0.2) is 11.3 Å². The smallest absolute Gasteiger partial charge is 0.191 e. The highest BCUT2D eigenvalue weighted by molar-refractivity contribution is 14.0. The summed E-state index contributed by atoms with van der Waals surface area (Å²) in [7, 11) is 0. The van der Waals surface area contributed by atoms with Crippen molar-refractivity contribution in [1.29, 1.82) is 0 Å². The molecule has 110 valence electrons. The molecule has 0 atom stereocenters. The van der Waals surface area contributed by atoms with Gasteiger partial charge >= 0.3 is 0 Å². The van der Waals surface area contributed by atoms with Crippen LogP contribution >= 0.6 is 24.0 Å². The number of nitrogens with zero attached hydrogens (tertiary/aromatic N) is 4. The molecule has 0 aliphatic heterocycles. The molecule has 0 fully saturated rings. The van der Waals surface area contributed by atoms with Crippen LogP contribution in [0, 0.1) is 5.92 Å². The first-order valence-electron chi connectivity index (χ1n) is 6.56. The Labute approximate surface area is 132 Å². The average molecular weight is 380 g/mol. The molecule has 0 aliphatic carbocycles. The minimum atomic E-state index is 0. The summed E-state index contributed by atoms with van der Waals surface area (Å²) in [5.41, 5.74) is 0. The van der Waals surface area contributed by atoms with Gasteiger partial charge in [-0.2, -0.15) is 0 Å². The van der Waals surface area contributed by atoms with Crippen molar-refractivity contribution in [1.82, 2.24) is 25.4 Å². The zero-order chi connectivity index (χ0) is 13.4. The second-order valence-corrected chi connectivity index (χ2v) is 4.50. The summed E-state index contributed by atoms with van der Waals surface area (Å²) in [4.78, 5) is 4.51. The summed E-state index contributed by atoms with van der Waals surface area (Å²) in [6.45, 7) is 11.6. The number of aromatic nitrogens is 3. The second-order valence-electron chi connectivity index (χ2n) is 4.50. The molecule has 0 aromatic carbocycles. The van der Waals surface area contributed by atoms with E-state index in [-0.39, 0.29) is 24.0 Å². The third kappa shape index (κ3) is 6.74. The molecule has 7 heteroatoms. The van der Waals surface area contributed by atoms with E-state index >= 15 is 0 Å². The lowest BCUT2D eigenvalue weighted by atomic mass is 10.2. The Morgan fingerprint density at radius 2 is 2.11 bits per heavy atom. The van der Waals surface area contributed by atoms with Crippen LogP contribution in [0.5, 0.6) is 0 Å². The number of hydrogen-bond acceptors (Lipinski definition) is 3. The van der Waals surface area contributed by atoms with Gasteiger partial charge < -0.3 is 15.2 Å². The van der Waals surface area contributed by atoms with E-state index in [0.717, 1.165) is 31.4 Å². The highest BCUT2D eigenvalue weighted by Gasteiger charge is 2.03. The van der Waals surface area contributed by atoms with Crippen molar-refractivity contribution < 1.29 is 0 Å². The van der Waals surface area contributed by atoms with Gasteiger partial charge in [-0.25, -0.2) is 4.99 Å². The number of aryl methyl sites for hydroxylation is 1. The van der Waals surface area contributed by atoms with Crippen molar-refractivity contribution in [2.75, 3.05) is 13.1 Å². The molecule has 0 saturated heterocycles. The number of halogens is 1. The van der Waals surface area contributed by atoms with Gasteiger partial charge in [-0.3, -0.25) is 0 Å². The van der Waals surface area contributed by atoms with Crippen molar-refractivity contribution in [3.63, 3.8) is 0 Å². The van der Waals surface area contributed by atoms with Crippen LogP contribution in [-0.4, -0.2) is 33.8 Å². The molecule has 0 amide bonds. The summed E-state index contributed by atoms with van der Waals surface area (Å²) in [5, 5.41) is 14.5. The van der Waals surface area contributed by atoms with Gasteiger partial charge in [-0.1, -0.05) is 13.8 Å². The van der Waals surface area contributed by atoms with Crippen molar-refractivity contribution in [3.05, 3.63) is 12.2 Å². The molecule has 0 spiro atoms. The molecule has 19 heavy (non-hydrogen) atoms. The largest absolute Gasteiger partial charge is 0.357 e. The van der Waals surface area contributed by atoms with Gasteiger partial charge in [0.15, 0.2) is 11.8 Å². The quantitative estimate of drug-likeness (QED) is 0.447. The van der Waals surface area contributed by atoms with Gasteiger partial charge in [0.05, 0.1) is 0 Å². The lowest BCUT2D eigenvalue weighted by Gasteiger charge is -2.12. The van der Waals surface area contributed by atoms with Gasteiger partial charge in [-0.05, 0) is 19.8 Å². The van der Waals surface area contributed by atoms with Crippen LogP contribution in [0.3, 0.4) is 0 Å². The molecule has 1 aromatic rings. The van der Waals surface area contributed by atoms with Gasteiger partial charge in [-0.15, -0.1) is 34.2 Å². The summed E-state index contributed by atoms with van der Waals surface area (Å²) >= 11 is 0. The van der Waals surface area contributed by atoms with Gasteiger partial charge in [0, 0.05) is 19.6 Å². The number of hydrogen-bond donors (Lipinski definition) is 2. The van der Waals surface area contributed by atoms with E-state index in [1.807, 2.05) is 4.57 Å². The van der Waals surface area contributed by atoms with Crippen LogP contribution in [0.1, 0.15) is 33.5 Å². The third-order valence-electron chi connectivity index (χ3n) is 2.44. The van der Waals surface area contributed by atoms with E-state index in [2.05, 4.69) is 53.5 Å². The van der Waals surface area contributed by atoms with E-state index in [1.54, 1.807) is 6.33 Å². The van der Waals surface area contributed by atoms with E-state index in [0.29, 0.717) is 12.5 Å². The molecular weight excluding hydrogens is 355 g/mol.